The molecule has 10 heteroatoms. The molecule has 0 saturated heterocycles. The van der Waals surface area contributed by atoms with Crippen LogP contribution in [0.2, 0.25) is 5.02 Å². The Morgan fingerprint density at radius 1 is 1.17 bits per heavy atom. The van der Waals surface area contributed by atoms with Gasteiger partial charge in [-0.2, -0.15) is 13.2 Å². The zero-order valence-corrected chi connectivity index (χ0v) is 15.4. The average molecular weight is 393 g/mol. The summed E-state index contributed by atoms with van der Waals surface area (Å²) in [6, 6.07) is 4.67. The van der Waals surface area contributed by atoms with Crippen molar-refractivity contribution < 1.29 is 36.3 Å². The minimum atomic E-state index is -4.31. The number of ether oxygens (including phenoxy) is 2. The Hall–Kier alpha value is -0.790. The molecule has 1 rings (SSSR count). The predicted octanol–water partition coefficient (Wildman–Crippen LogP) is 4.88. The third kappa shape index (κ3) is 11.7. The summed E-state index contributed by atoms with van der Waals surface area (Å²) in [6.45, 7) is 3.07. The van der Waals surface area contributed by atoms with Crippen molar-refractivity contribution in [1.29, 1.82) is 0 Å². The van der Waals surface area contributed by atoms with Gasteiger partial charge < -0.3 is 18.5 Å². The van der Waals surface area contributed by atoms with E-state index in [1.165, 1.54) is 7.11 Å². The van der Waals surface area contributed by atoms with E-state index in [1.807, 2.05) is 0 Å². The number of halogens is 4. The predicted molar refractivity (Wildman–Crippen MR) is 86.0 cm³/mol. The van der Waals surface area contributed by atoms with Crippen LogP contribution in [-0.2, 0) is 25.0 Å². The molecule has 0 aliphatic carbocycles. The van der Waals surface area contributed by atoms with E-state index in [0.29, 0.717) is 29.5 Å². The van der Waals surface area contributed by atoms with Crippen molar-refractivity contribution in [3.05, 3.63) is 28.8 Å². The fourth-order valence-electron chi connectivity index (χ4n) is 1.36. The Balaban J connectivity index is 0.000000561. The highest BCUT2D eigenvalue weighted by atomic mass is 35.5. The van der Waals surface area contributed by atoms with E-state index in [2.05, 4.69) is 13.8 Å². The van der Waals surface area contributed by atoms with E-state index in [4.69, 9.17) is 16.3 Å². The smallest absolute Gasteiger partial charge is 0.411 e. The van der Waals surface area contributed by atoms with Crippen molar-refractivity contribution in [2.45, 2.75) is 26.6 Å². The van der Waals surface area contributed by atoms with Gasteiger partial charge in [-0.3, -0.25) is 4.57 Å². The van der Waals surface area contributed by atoms with Crippen LogP contribution in [0.15, 0.2) is 18.2 Å². The lowest BCUT2D eigenvalue weighted by Gasteiger charge is -2.09. The molecule has 0 fully saturated rings. The zero-order valence-electron chi connectivity index (χ0n) is 13.6. The van der Waals surface area contributed by atoms with Crippen molar-refractivity contribution in [1.82, 2.24) is 0 Å². The number of hydrogen-bond donors (Lipinski definition) is 0. The zero-order chi connectivity index (χ0) is 18.6. The Morgan fingerprint density at radius 3 is 2.21 bits per heavy atom. The molecule has 0 spiro atoms. The lowest BCUT2D eigenvalue weighted by atomic mass is 10.2. The van der Waals surface area contributed by atoms with E-state index in [0.717, 1.165) is 0 Å². The van der Waals surface area contributed by atoms with Crippen LogP contribution < -0.4 is 4.74 Å². The second kappa shape index (κ2) is 12.6. The van der Waals surface area contributed by atoms with Gasteiger partial charge in [0.15, 0.2) is 0 Å². The van der Waals surface area contributed by atoms with Gasteiger partial charge in [-0.25, -0.2) is 0 Å². The molecule has 0 radical (unpaired) electrons. The molecule has 1 aromatic rings. The van der Waals surface area contributed by atoms with Crippen LogP contribution in [0.4, 0.5) is 13.2 Å². The van der Waals surface area contributed by atoms with Crippen molar-refractivity contribution in [2.24, 2.45) is 0 Å². The second-order valence-corrected chi connectivity index (χ2v) is 5.68. The van der Waals surface area contributed by atoms with Gasteiger partial charge in [-0.15, -0.1) is 0 Å². The Bertz CT molecular complexity index is 492. The normalized spacial score (nSPS) is 11.2. The van der Waals surface area contributed by atoms with Crippen molar-refractivity contribution >= 4 is 19.9 Å². The summed E-state index contributed by atoms with van der Waals surface area (Å²) in [7, 11) is -0.709. The summed E-state index contributed by atoms with van der Waals surface area (Å²) in [5.74, 6) is 0.412. The van der Waals surface area contributed by atoms with Crippen molar-refractivity contribution in [3.8, 4) is 5.75 Å². The van der Waals surface area contributed by atoms with Gasteiger partial charge in [0.2, 0.25) is 0 Å². The number of benzene rings is 1. The van der Waals surface area contributed by atoms with Crippen LogP contribution in [-0.4, -0.2) is 33.1 Å². The summed E-state index contributed by atoms with van der Waals surface area (Å²) < 4.78 is 64.4. The maximum Gasteiger partial charge on any atom is 0.411 e. The first-order valence-electron chi connectivity index (χ1n) is 6.99. The summed E-state index contributed by atoms with van der Waals surface area (Å²) in [4.78, 5) is 0. The molecule has 0 saturated carbocycles. The van der Waals surface area contributed by atoms with Gasteiger partial charge in [-0.1, -0.05) is 17.7 Å². The molecule has 0 unspecified atom stereocenters. The molecule has 0 bridgehead atoms. The van der Waals surface area contributed by atoms with Crippen LogP contribution in [0.1, 0.15) is 19.4 Å². The molecule has 140 valence electrons. The summed E-state index contributed by atoms with van der Waals surface area (Å²) >= 11 is 5.76. The Morgan fingerprint density at radius 2 is 1.75 bits per heavy atom. The van der Waals surface area contributed by atoms with Crippen LogP contribution in [0.3, 0.4) is 0 Å². The number of methoxy groups -OCH3 is 1. The molecule has 0 aliphatic rings. The fraction of sp³-hybridized carbons (Fsp3) is 0.571. The topological polar surface area (TPSA) is 54.0 Å². The van der Waals surface area contributed by atoms with E-state index >= 15 is 0 Å². The van der Waals surface area contributed by atoms with Crippen molar-refractivity contribution in [2.75, 3.05) is 26.9 Å². The third-order valence-corrected chi connectivity index (χ3v) is 3.64. The van der Waals surface area contributed by atoms with Crippen LogP contribution >= 0.6 is 19.9 Å². The van der Waals surface area contributed by atoms with E-state index in [1.54, 1.807) is 32.0 Å². The molecule has 5 nitrogen and oxygen atoms in total. The largest absolute Gasteiger partial charge is 0.495 e. The van der Waals surface area contributed by atoms with E-state index in [9.17, 15) is 17.7 Å². The first-order chi connectivity index (χ1) is 11.2. The van der Waals surface area contributed by atoms with Crippen LogP contribution in [0.25, 0.3) is 0 Å². The minimum absolute atomic E-state index is 0.132. The number of rotatable bonds is 8. The van der Waals surface area contributed by atoms with Gasteiger partial charge in [0.1, 0.15) is 12.4 Å². The Labute approximate surface area is 144 Å². The molecule has 1 aromatic carbocycles. The maximum atomic E-state index is 11.8. The molecular formula is C14H21ClF3O5P. The average Bonchev–Trinajstić information content (AvgIpc) is 2.49. The summed E-state index contributed by atoms with van der Waals surface area (Å²) in [5, 5.41) is 0.405. The van der Waals surface area contributed by atoms with E-state index in [-0.39, 0.29) is 6.61 Å². The van der Waals surface area contributed by atoms with Gasteiger partial charge >= 0.3 is 14.4 Å². The SMILES string of the molecule is CCO[PH](=O)OCC.COc1cc(COCC(F)(F)F)ccc1Cl. The fourth-order valence-corrected chi connectivity index (χ4v) is 2.11. The standard InChI is InChI=1S/C10H10ClF3O2.C4H11O3P/c1-15-9-4-7(2-3-8(9)11)5-16-6-10(12,13)14;1-3-6-8(5)7-4-2/h2-4H,5-6H2,1H3;8H,3-4H2,1-2H3. The summed E-state index contributed by atoms with van der Waals surface area (Å²) in [5.41, 5.74) is 0.575. The first-order valence-corrected chi connectivity index (χ1v) is 8.60. The monoisotopic (exact) mass is 392 g/mol. The second-order valence-electron chi connectivity index (χ2n) is 4.19. The summed E-state index contributed by atoms with van der Waals surface area (Å²) in [6.07, 6.45) is -4.31. The van der Waals surface area contributed by atoms with Gasteiger partial charge in [0, 0.05) is 0 Å². The van der Waals surface area contributed by atoms with Crippen molar-refractivity contribution in [3.63, 3.8) is 0 Å². The highest BCUT2D eigenvalue weighted by Crippen LogP contribution is 2.25. The molecule has 0 aromatic heterocycles. The molecular weight excluding hydrogens is 372 g/mol. The molecule has 0 atom stereocenters. The first kappa shape index (κ1) is 23.2. The van der Waals surface area contributed by atoms with E-state index < -0.39 is 21.0 Å². The molecule has 24 heavy (non-hydrogen) atoms. The maximum absolute atomic E-state index is 11.8. The molecule has 0 heterocycles. The highest BCUT2D eigenvalue weighted by Gasteiger charge is 2.27. The minimum Gasteiger partial charge on any atom is -0.495 e. The number of alkyl halides is 3. The lowest BCUT2D eigenvalue weighted by molar-refractivity contribution is -0.176. The van der Waals surface area contributed by atoms with Gasteiger partial charge in [0.25, 0.3) is 0 Å². The third-order valence-electron chi connectivity index (χ3n) is 2.27. The molecule has 0 amide bonds. The Kier molecular flexibility index (Phi) is 12.1. The molecule has 0 aliphatic heterocycles. The molecule has 0 N–H and O–H groups in total. The quantitative estimate of drug-likeness (QED) is 0.590. The lowest BCUT2D eigenvalue weighted by Crippen LogP contribution is -2.16. The van der Waals surface area contributed by atoms with Gasteiger partial charge in [0.05, 0.1) is 32.0 Å². The highest BCUT2D eigenvalue weighted by molar-refractivity contribution is 7.33. The number of hydrogen-bond acceptors (Lipinski definition) is 5. The van der Waals surface area contributed by atoms with Crippen LogP contribution in [0.5, 0.6) is 5.75 Å². The van der Waals surface area contributed by atoms with Crippen LogP contribution in [0, 0.1) is 0 Å². The van der Waals surface area contributed by atoms with Gasteiger partial charge in [-0.05, 0) is 31.5 Å².